The Bertz CT molecular complexity index is 231. The fraction of sp³-hybridized carbons (Fsp3) is 1.00. The number of rotatable bonds is 2. The lowest BCUT2D eigenvalue weighted by Crippen LogP contribution is -2.44. The van der Waals surface area contributed by atoms with E-state index in [4.69, 9.17) is 0 Å². The normalized spacial score (nSPS) is 42.4. The van der Waals surface area contributed by atoms with Crippen LogP contribution in [0.3, 0.4) is 0 Å². The van der Waals surface area contributed by atoms with Crippen molar-refractivity contribution in [3.8, 4) is 0 Å². The van der Waals surface area contributed by atoms with E-state index in [-0.39, 0.29) is 17.8 Å². The van der Waals surface area contributed by atoms with E-state index in [0.717, 1.165) is 25.9 Å². The molecule has 0 spiro atoms. The van der Waals surface area contributed by atoms with E-state index in [1.54, 1.807) is 0 Å². The van der Waals surface area contributed by atoms with Crippen LogP contribution in [-0.4, -0.2) is 19.0 Å². The maximum Gasteiger partial charge on any atom is 0.255 e. The van der Waals surface area contributed by atoms with E-state index >= 15 is 0 Å². The number of alkyl halides is 2. The van der Waals surface area contributed by atoms with Crippen LogP contribution in [0, 0.1) is 23.7 Å². The van der Waals surface area contributed by atoms with Gasteiger partial charge in [0.2, 0.25) is 0 Å². The minimum Gasteiger partial charge on any atom is -0.316 e. The van der Waals surface area contributed by atoms with Crippen molar-refractivity contribution in [2.24, 2.45) is 23.7 Å². The van der Waals surface area contributed by atoms with Crippen LogP contribution in [0.15, 0.2) is 0 Å². The van der Waals surface area contributed by atoms with Gasteiger partial charge in [-0.3, -0.25) is 0 Å². The van der Waals surface area contributed by atoms with Crippen molar-refractivity contribution in [3.05, 3.63) is 0 Å². The van der Waals surface area contributed by atoms with Gasteiger partial charge in [0.15, 0.2) is 0 Å². The highest BCUT2D eigenvalue weighted by molar-refractivity contribution is 5.13. The molecule has 1 heterocycles. The van der Waals surface area contributed by atoms with Gasteiger partial charge in [0.05, 0.1) is 0 Å². The fourth-order valence-electron chi connectivity index (χ4n) is 3.47. The van der Waals surface area contributed by atoms with Crippen LogP contribution in [-0.2, 0) is 0 Å². The number of halogens is 2. The highest BCUT2D eigenvalue weighted by Crippen LogP contribution is 2.65. The van der Waals surface area contributed by atoms with Gasteiger partial charge < -0.3 is 5.32 Å². The summed E-state index contributed by atoms with van der Waals surface area (Å²) in [7, 11) is 0. The summed E-state index contributed by atoms with van der Waals surface area (Å²) in [6, 6.07) is 0. The summed E-state index contributed by atoms with van der Waals surface area (Å²) in [5.74, 6) is -2.22. The standard InChI is InChI=1S/C11H17F2N/c12-11(13)9(7-3-1-2-4-7)10(11)8-5-14-6-8/h7-10,14H,1-6H2. The largest absolute Gasteiger partial charge is 0.316 e. The Morgan fingerprint density at radius 1 is 0.929 bits per heavy atom. The van der Waals surface area contributed by atoms with Crippen molar-refractivity contribution < 1.29 is 8.78 Å². The van der Waals surface area contributed by atoms with Crippen LogP contribution in [0.5, 0.6) is 0 Å². The van der Waals surface area contributed by atoms with Gasteiger partial charge in [-0.1, -0.05) is 12.8 Å². The molecule has 3 heteroatoms. The van der Waals surface area contributed by atoms with Gasteiger partial charge in [-0.25, -0.2) is 8.78 Å². The van der Waals surface area contributed by atoms with Crippen LogP contribution in [0.25, 0.3) is 0 Å². The van der Waals surface area contributed by atoms with Crippen LogP contribution in [0.2, 0.25) is 0 Å². The average Bonchev–Trinajstić information content (AvgIpc) is 2.52. The SMILES string of the molecule is FC1(F)C(C2CCCC2)C1C1CNC1. The third kappa shape index (κ3) is 1.14. The molecule has 1 aliphatic heterocycles. The molecule has 14 heavy (non-hydrogen) atoms. The summed E-state index contributed by atoms with van der Waals surface area (Å²) in [5.41, 5.74) is 0. The van der Waals surface area contributed by atoms with Crippen LogP contribution in [0.1, 0.15) is 25.7 Å². The number of hydrogen-bond acceptors (Lipinski definition) is 1. The van der Waals surface area contributed by atoms with Gasteiger partial charge >= 0.3 is 0 Å². The van der Waals surface area contributed by atoms with E-state index < -0.39 is 5.92 Å². The first-order chi connectivity index (χ1) is 6.71. The Kier molecular flexibility index (Phi) is 1.88. The van der Waals surface area contributed by atoms with Crippen molar-refractivity contribution in [1.82, 2.24) is 5.32 Å². The van der Waals surface area contributed by atoms with Crippen LogP contribution in [0.4, 0.5) is 8.78 Å². The zero-order chi connectivity index (χ0) is 9.76. The second-order valence-electron chi connectivity index (χ2n) is 5.19. The predicted octanol–water partition coefficient (Wildman–Crippen LogP) is 2.28. The first-order valence-electron chi connectivity index (χ1n) is 5.80. The summed E-state index contributed by atoms with van der Waals surface area (Å²) in [6.45, 7) is 1.65. The lowest BCUT2D eigenvalue weighted by Gasteiger charge is -2.27. The van der Waals surface area contributed by atoms with Gasteiger partial charge in [-0.2, -0.15) is 0 Å². The zero-order valence-electron chi connectivity index (χ0n) is 8.31. The Labute approximate surface area is 83.3 Å². The van der Waals surface area contributed by atoms with Gasteiger partial charge in [0.1, 0.15) is 0 Å². The molecule has 0 bridgehead atoms. The number of hydrogen-bond donors (Lipinski definition) is 1. The molecule has 2 aliphatic carbocycles. The van der Waals surface area contributed by atoms with E-state index in [1.165, 1.54) is 12.8 Å². The van der Waals surface area contributed by atoms with E-state index in [9.17, 15) is 8.78 Å². The molecule has 3 aliphatic rings. The summed E-state index contributed by atoms with van der Waals surface area (Å²) in [6.07, 6.45) is 4.45. The molecule has 0 radical (unpaired) electrons. The van der Waals surface area contributed by atoms with E-state index in [2.05, 4.69) is 5.32 Å². The maximum atomic E-state index is 13.6. The molecular formula is C11H17F2N. The lowest BCUT2D eigenvalue weighted by atomic mass is 9.91. The highest BCUT2D eigenvalue weighted by Gasteiger charge is 2.72. The minimum atomic E-state index is -2.32. The Balaban J connectivity index is 1.68. The molecule has 2 unspecified atom stereocenters. The average molecular weight is 201 g/mol. The highest BCUT2D eigenvalue weighted by atomic mass is 19.3. The second kappa shape index (κ2) is 2.91. The van der Waals surface area contributed by atoms with E-state index in [0.29, 0.717) is 5.92 Å². The van der Waals surface area contributed by atoms with Crippen LogP contribution < -0.4 is 5.32 Å². The summed E-state index contributed by atoms with van der Waals surface area (Å²) in [4.78, 5) is 0. The second-order valence-corrected chi connectivity index (χ2v) is 5.19. The van der Waals surface area contributed by atoms with E-state index in [1.807, 2.05) is 0 Å². The molecule has 0 aromatic rings. The van der Waals surface area contributed by atoms with Crippen molar-refractivity contribution in [2.45, 2.75) is 31.6 Å². The monoisotopic (exact) mass is 201 g/mol. The van der Waals surface area contributed by atoms with Crippen molar-refractivity contribution >= 4 is 0 Å². The Hall–Kier alpha value is -0.180. The molecule has 0 amide bonds. The molecule has 0 aromatic carbocycles. The van der Waals surface area contributed by atoms with Crippen molar-refractivity contribution in [3.63, 3.8) is 0 Å². The molecule has 1 N–H and O–H groups in total. The van der Waals surface area contributed by atoms with Gasteiger partial charge in [0, 0.05) is 11.8 Å². The van der Waals surface area contributed by atoms with Crippen molar-refractivity contribution in [2.75, 3.05) is 13.1 Å². The molecule has 2 atom stereocenters. The predicted molar refractivity (Wildman–Crippen MR) is 50.2 cm³/mol. The summed E-state index contributed by atoms with van der Waals surface area (Å²) < 4.78 is 27.1. The van der Waals surface area contributed by atoms with Gasteiger partial charge in [-0.05, 0) is 37.8 Å². The van der Waals surface area contributed by atoms with Gasteiger partial charge in [0.25, 0.3) is 5.92 Å². The maximum absolute atomic E-state index is 13.6. The third-order valence-electron chi connectivity index (χ3n) is 4.40. The molecule has 3 rings (SSSR count). The molecule has 2 saturated carbocycles. The third-order valence-corrected chi connectivity index (χ3v) is 4.40. The Morgan fingerprint density at radius 2 is 1.50 bits per heavy atom. The fourth-order valence-corrected chi connectivity index (χ4v) is 3.47. The Morgan fingerprint density at radius 3 is 2.00 bits per heavy atom. The zero-order valence-corrected chi connectivity index (χ0v) is 8.31. The molecule has 1 saturated heterocycles. The quantitative estimate of drug-likeness (QED) is 0.722. The summed E-state index contributed by atoms with van der Waals surface area (Å²) in [5, 5.41) is 3.10. The van der Waals surface area contributed by atoms with Crippen LogP contribution >= 0.6 is 0 Å². The molecule has 3 fully saturated rings. The summed E-state index contributed by atoms with van der Waals surface area (Å²) >= 11 is 0. The minimum absolute atomic E-state index is 0.253. The molecule has 1 nitrogen and oxygen atoms in total. The topological polar surface area (TPSA) is 12.0 Å². The van der Waals surface area contributed by atoms with Crippen molar-refractivity contribution in [1.29, 1.82) is 0 Å². The lowest BCUT2D eigenvalue weighted by molar-refractivity contribution is 0.0606. The molecule has 0 aromatic heterocycles. The molecular weight excluding hydrogens is 184 g/mol. The first-order valence-corrected chi connectivity index (χ1v) is 5.80. The molecule has 80 valence electrons. The van der Waals surface area contributed by atoms with Gasteiger partial charge in [-0.15, -0.1) is 0 Å². The number of nitrogens with one attached hydrogen (secondary N) is 1. The first kappa shape index (κ1) is 9.08. The smallest absolute Gasteiger partial charge is 0.255 e.